The van der Waals surface area contributed by atoms with Crippen LogP contribution in [0.15, 0.2) is 0 Å². The van der Waals surface area contributed by atoms with Crippen molar-refractivity contribution < 1.29 is 46.0 Å². The summed E-state index contributed by atoms with van der Waals surface area (Å²) in [5.74, 6) is 0. The van der Waals surface area contributed by atoms with Crippen LogP contribution in [-0.2, 0) is 31.3 Å². The second kappa shape index (κ2) is 6.65. The van der Waals surface area contributed by atoms with Gasteiger partial charge in [-0.05, 0) is 0 Å². The normalized spacial score (nSPS) is 17.8. The van der Waals surface area contributed by atoms with Gasteiger partial charge in [0.05, 0.1) is 0 Å². The first-order valence-electron chi connectivity index (χ1n) is 4.14. The Morgan fingerprint density at radius 1 is 1.24 bits per heavy atom. The molecule has 0 spiro atoms. The van der Waals surface area contributed by atoms with Crippen molar-refractivity contribution in [1.29, 1.82) is 0 Å². The molecule has 1 unspecified atom stereocenters. The predicted octanol–water partition coefficient (Wildman–Crippen LogP) is 0.952. The molecule has 13 heteroatoms. The fourth-order valence-corrected chi connectivity index (χ4v) is 4.83. The molecule has 0 aliphatic rings. The molecule has 0 rings (SSSR count). The molecule has 0 bridgehead atoms. The molecular weight excluding hydrogens is 301 g/mol. The molecule has 17 heavy (non-hydrogen) atoms. The molecule has 0 heterocycles. The first-order chi connectivity index (χ1) is 7.60. The quantitative estimate of drug-likeness (QED) is 0.554. The number of hydrogen-bond acceptors (Lipinski definition) is 8. The molecular formula is C4H15O10P3. The van der Waals surface area contributed by atoms with E-state index in [1.165, 1.54) is 6.92 Å². The molecule has 0 fully saturated rings. The molecule has 0 saturated heterocycles. The minimum absolute atomic E-state index is 0.0454. The molecule has 0 aromatic rings. The topological polar surface area (TPSA) is 141 Å². The van der Waals surface area contributed by atoms with E-state index in [0.717, 1.165) is 14.2 Å². The van der Waals surface area contributed by atoms with Gasteiger partial charge >= 0.3 is 97.6 Å². The van der Waals surface area contributed by atoms with Crippen molar-refractivity contribution in [1.82, 2.24) is 0 Å². The average molecular weight is 316 g/mol. The van der Waals surface area contributed by atoms with Gasteiger partial charge in [0.15, 0.2) is 0 Å². The van der Waals surface area contributed by atoms with Gasteiger partial charge in [-0.15, -0.1) is 0 Å². The number of hydrogen-bond donors (Lipinski definition) is 3. The summed E-state index contributed by atoms with van der Waals surface area (Å²) in [7, 11) is -12.3. The van der Waals surface area contributed by atoms with E-state index in [2.05, 4.69) is 22.2 Å². The van der Waals surface area contributed by atoms with Crippen molar-refractivity contribution in [3.63, 3.8) is 0 Å². The summed E-state index contributed by atoms with van der Waals surface area (Å²) in [6.07, 6.45) is 0. The van der Waals surface area contributed by atoms with Crippen molar-refractivity contribution >= 4 is 23.8 Å². The Morgan fingerprint density at radius 3 is 2.06 bits per heavy atom. The molecule has 0 aliphatic carbocycles. The van der Waals surface area contributed by atoms with Crippen molar-refractivity contribution in [2.24, 2.45) is 0 Å². The summed E-state index contributed by atoms with van der Waals surface area (Å²) >= 11 is 0. The number of rotatable bonds is 8. The minimum atomic E-state index is -5.13. The van der Waals surface area contributed by atoms with Crippen LogP contribution >= 0.6 is 23.8 Å². The molecule has 0 aromatic carbocycles. The molecule has 0 radical (unpaired) electrons. The van der Waals surface area contributed by atoms with Gasteiger partial charge < -0.3 is 0 Å². The van der Waals surface area contributed by atoms with Crippen LogP contribution in [0.2, 0.25) is 0 Å². The van der Waals surface area contributed by atoms with Gasteiger partial charge in [0.25, 0.3) is 0 Å². The van der Waals surface area contributed by atoms with Crippen LogP contribution in [-0.4, -0.2) is 35.5 Å². The van der Waals surface area contributed by atoms with Crippen molar-refractivity contribution in [2.45, 2.75) is 6.92 Å². The summed E-state index contributed by atoms with van der Waals surface area (Å²) in [6.45, 7) is 1.44. The Morgan fingerprint density at radius 2 is 1.76 bits per heavy atom. The maximum atomic E-state index is 11.6. The molecule has 3 N–H and O–H groups in total. The summed E-state index contributed by atoms with van der Waals surface area (Å²) < 4.78 is 43.7. The van der Waals surface area contributed by atoms with Crippen LogP contribution in [0, 0.1) is 0 Å². The molecule has 0 aliphatic heterocycles. The molecule has 0 saturated carbocycles. The monoisotopic (exact) mass is 316 g/mol. The van der Waals surface area contributed by atoms with E-state index < -0.39 is 23.8 Å². The Kier molecular flexibility index (Phi) is 6.88. The van der Waals surface area contributed by atoms with Gasteiger partial charge in [-0.1, -0.05) is 0 Å². The van der Waals surface area contributed by atoms with Crippen LogP contribution in [0.25, 0.3) is 0 Å². The summed E-state index contributed by atoms with van der Waals surface area (Å²) in [4.78, 5) is 26.6. The first-order valence-corrected chi connectivity index (χ1v) is 8.81. The molecule has 10 nitrogen and oxygen atoms in total. The Hall–Kier alpha value is 0.570. The Labute approximate surface area is 98.3 Å². The van der Waals surface area contributed by atoms with E-state index in [1.807, 2.05) is 0 Å². The van der Waals surface area contributed by atoms with Gasteiger partial charge in [-0.25, -0.2) is 0 Å². The first kappa shape index (κ1) is 17.6. The van der Waals surface area contributed by atoms with Gasteiger partial charge in [0.2, 0.25) is 0 Å². The second-order valence-corrected chi connectivity index (χ2v) is 7.82. The van der Waals surface area contributed by atoms with Crippen molar-refractivity contribution in [3.8, 4) is 0 Å². The molecule has 0 aromatic heterocycles. The van der Waals surface area contributed by atoms with Gasteiger partial charge in [0, 0.05) is 0 Å². The summed E-state index contributed by atoms with van der Waals surface area (Å²) in [5, 5.41) is 0. The zero-order chi connectivity index (χ0) is 13.7. The number of phosphoric acid groups is 2. The second-order valence-electron chi connectivity index (χ2n) is 2.45. The third-order valence-electron chi connectivity index (χ3n) is 1.24. The van der Waals surface area contributed by atoms with E-state index in [1.54, 1.807) is 0 Å². The van der Waals surface area contributed by atoms with Crippen LogP contribution in [0.1, 0.15) is 6.92 Å². The molecule has 1 atom stereocenters. The van der Waals surface area contributed by atoms with E-state index in [-0.39, 0.29) is 6.61 Å². The summed E-state index contributed by atoms with van der Waals surface area (Å²) in [5.41, 5.74) is 0. The van der Waals surface area contributed by atoms with Crippen LogP contribution in [0.4, 0.5) is 0 Å². The van der Waals surface area contributed by atoms with Crippen molar-refractivity contribution in [3.05, 3.63) is 0 Å². The van der Waals surface area contributed by atoms with E-state index in [9.17, 15) is 14.0 Å². The zero-order valence-corrected chi connectivity index (χ0v) is 12.1. The maximum absolute atomic E-state index is 11.6. The molecule has 0 amide bonds. The fraction of sp³-hybridized carbons (Fsp3) is 1.00. The van der Waals surface area contributed by atoms with E-state index in [4.69, 9.17) is 9.79 Å². The third kappa shape index (κ3) is 6.91. The van der Waals surface area contributed by atoms with E-state index >= 15 is 0 Å². The average Bonchev–Trinajstić information content (AvgIpc) is 2.15. The fourth-order valence-electron chi connectivity index (χ4n) is 0.664. The summed E-state index contributed by atoms with van der Waals surface area (Å²) in [6, 6.07) is 0. The van der Waals surface area contributed by atoms with Crippen molar-refractivity contribution in [2.75, 3.05) is 20.8 Å². The zero-order valence-electron chi connectivity index (χ0n) is 9.30. The van der Waals surface area contributed by atoms with Crippen LogP contribution < -0.4 is 0 Å². The van der Waals surface area contributed by atoms with Gasteiger partial charge in [0.1, 0.15) is 0 Å². The Balaban J connectivity index is 4.89. The predicted molar refractivity (Wildman–Crippen MR) is 58.0 cm³/mol. The van der Waals surface area contributed by atoms with E-state index in [0.29, 0.717) is 0 Å². The Bertz CT molecular complexity index is 326. The molecule has 106 valence electrons. The standard InChI is InChI=1S/C4H15O10P3/c1-4-12-16(8,10-2)14-17(9,11-3)13-15(5,6)7/h8,16H,4H2,1-3H3,(H2,5,6,7). The van der Waals surface area contributed by atoms with Crippen LogP contribution in [0.3, 0.4) is 0 Å². The SMILES string of the molecule is CCO[PH](O)(OC)OP(=O)(OC)OP(=O)(O)O. The van der Waals surface area contributed by atoms with Gasteiger partial charge in [-0.3, -0.25) is 0 Å². The third-order valence-corrected chi connectivity index (χ3v) is 6.33. The van der Waals surface area contributed by atoms with Crippen LogP contribution in [0.5, 0.6) is 0 Å². The van der Waals surface area contributed by atoms with Gasteiger partial charge in [-0.2, -0.15) is 0 Å².